The van der Waals surface area contributed by atoms with Crippen LogP contribution in [0.5, 0.6) is 0 Å². The Labute approximate surface area is 177 Å². The molecule has 2 amide bonds. The van der Waals surface area contributed by atoms with Crippen LogP contribution in [0.1, 0.15) is 35.3 Å². The van der Waals surface area contributed by atoms with Crippen molar-refractivity contribution >= 4 is 40.2 Å². The molecule has 158 valence electrons. The maximum atomic E-state index is 11.8. The van der Waals surface area contributed by atoms with Gasteiger partial charge in [-0.1, -0.05) is 12.8 Å². The Bertz CT molecular complexity index is 1220. The lowest BCUT2D eigenvalue weighted by atomic mass is 10.1. The van der Waals surface area contributed by atoms with Crippen LogP contribution < -0.4 is 22.1 Å². The Balaban J connectivity index is 1.64. The number of aromatic nitrogens is 4. The first-order valence-electron chi connectivity index (χ1n) is 9.72. The molecule has 0 spiro atoms. The van der Waals surface area contributed by atoms with E-state index in [2.05, 4.69) is 31.9 Å². The van der Waals surface area contributed by atoms with Gasteiger partial charge < -0.3 is 26.7 Å². The first-order chi connectivity index (χ1) is 14.9. The molecule has 11 nitrogen and oxygen atoms in total. The van der Waals surface area contributed by atoms with Crippen molar-refractivity contribution in [1.29, 1.82) is 5.26 Å². The molecule has 31 heavy (non-hydrogen) atoms. The summed E-state index contributed by atoms with van der Waals surface area (Å²) in [5.74, 6) is -0.704. The van der Waals surface area contributed by atoms with Crippen molar-refractivity contribution in [1.82, 2.24) is 19.7 Å². The molecule has 2 heterocycles. The number of nitrogens with two attached hydrogens (primary N) is 2. The number of fused-ring (bicyclic) bond motifs is 1. The van der Waals surface area contributed by atoms with E-state index in [0.717, 1.165) is 23.7 Å². The van der Waals surface area contributed by atoms with Crippen LogP contribution >= 0.6 is 0 Å². The lowest BCUT2D eigenvalue weighted by Gasteiger charge is -2.16. The molecule has 3 aromatic rings. The Morgan fingerprint density at radius 2 is 2.10 bits per heavy atom. The number of benzene rings is 1. The van der Waals surface area contributed by atoms with Gasteiger partial charge in [-0.05, 0) is 30.5 Å². The molecule has 1 aliphatic carbocycles. The maximum absolute atomic E-state index is 11.8. The predicted molar refractivity (Wildman–Crippen MR) is 113 cm³/mol. The Morgan fingerprint density at radius 1 is 1.32 bits per heavy atom. The van der Waals surface area contributed by atoms with E-state index in [0.29, 0.717) is 23.6 Å². The van der Waals surface area contributed by atoms with Gasteiger partial charge >= 0.3 is 0 Å². The van der Waals surface area contributed by atoms with Crippen LogP contribution in [-0.4, -0.2) is 37.6 Å². The number of nitrogens with zero attached hydrogens (tertiary/aromatic N) is 5. The summed E-state index contributed by atoms with van der Waals surface area (Å²) in [6.45, 7) is 0. The molecule has 2 aromatic heterocycles. The fraction of sp³-hybridized carbons (Fsp3) is 0.300. The normalized spacial score (nSPS) is 14.1. The number of hydrogen-bond donors (Lipinski definition) is 4. The minimum Gasteiger partial charge on any atom is -0.368 e. The first kappa shape index (κ1) is 20.1. The second-order valence-corrected chi connectivity index (χ2v) is 7.60. The lowest BCUT2D eigenvalue weighted by molar-refractivity contribution is -0.119. The summed E-state index contributed by atoms with van der Waals surface area (Å²) >= 11 is 0. The number of rotatable bonds is 8. The van der Waals surface area contributed by atoms with Crippen LogP contribution in [-0.2, 0) is 11.8 Å². The van der Waals surface area contributed by atoms with E-state index in [9.17, 15) is 14.9 Å². The fourth-order valence-corrected chi connectivity index (χ4v) is 3.42. The van der Waals surface area contributed by atoms with Crippen LogP contribution in [0, 0.1) is 17.2 Å². The van der Waals surface area contributed by atoms with Crippen LogP contribution in [0.4, 0.5) is 17.5 Å². The molecular formula is C20H21N9O2. The number of carbonyl (C=O) groups is 2. The zero-order chi connectivity index (χ0) is 22.1. The molecule has 1 aliphatic rings. The third kappa shape index (κ3) is 4.23. The molecule has 0 saturated heterocycles. The van der Waals surface area contributed by atoms with E-state index in [-0.39, 0.29) is 17.5 Å². The number of nitrogens with one attached hydrogen (secondary N) is 2. The Morgan fingerprint density at radius 3 is 2.74 bits per heavy atom. The minimum atomic E-state index is -0.801. The molecule has 1 atom stereocenters. The van der Waals surface area contributed by atoms with Crippen LogP contribution in [0.25, 0.3) is 10.9 Å². The van der Waals surface area contributed by atoms with E-state index < -0.39 is 17.9 Å². The standard InChI is InChI=1S/C20H21N9O2/c1-29-9-11(8-21)13-5-4-12(7-15(13)29)24-19-16(18(23)31)27-28-20(26-19)25-14(17(22)30)6-10-2-3-10/h4-5,7,9-10,14H,2-3,6H2,1H3,(H2,22,30)(H2,23,31)(H2,24,25,26,28)/t14-/m1/s1. The highest BCUT2D eigenvalue weighted by atomic mass is 16.1. The lowest BCUT2D eigenvalue weighted by Crippen LogP contribution is -2.36. The van der Waals surface area contributed by atoms with Gasteiger partial charge in [0.25, 0.3) is 5.91 Å². The van der Waals surface area contributed by atoms with Gasteiger partial charge in [-0.2, -0.15) is 10.2 Å². The van der Waals surface area contributed by atoms with Gasteiger partial charge in [0, 0.05) is 24.3 Å². The van der Waals surface area contributed by atoms with Gasteiger partial charge in [0.2, 0.25) is 11.9 Å². The minimum absolute atomic E-state index is 0.0589. The molecule has 4 rings (SSSR count). The highest BCUT2D eigenvalue weighted by Crippen LogP contribution is 2.34. The maximum Gasteiger partial charge on any atom is 0.273 e. The molecule has 0 aliphatic heterocycles. The molecule has 11 heteroatoms. The van der Waals surface area contributed by atoms with Crippen molar-refractivity contribution in [2.75, 3.05) is 10.6 Å². The van der Waals surface area contributed by atoms with Gasteiger partial charge in [-0.3, -0.25) is 9.59 Å². The summed E-state index contributed by atoms with van der Waals surface area (Å²) in [4.78, 5) is 27.9. The van der Waals surface area contributed by atoms with Crippen molar-refractivity contribution < 1.29 is 9.59 Å². The monoisotopic (exact) mass is 419 g/mol. The summed E-state index contributed by atoms with van der Waals surface area (Å²) in [5.41, 5.74) is 12.8. The van der Waals surface area contributed by atoms with Crippen molar-refractivity contribution in [2.24, 2.45) is 24.4 Å². The van der Waals surface area contributed by atoms with E-state index in [1.807, 2.05) is 17.7 Å². The number of nitriles is 1. The molecule has 1 saturated carbocycles. The SMILES string of the molecule is Cn1cc(C#N)c2ccc(Nc3nc(N[C@H](CC4CC4)C(N)=O)nnc3C(N)=O)cc21. The quantitative estimate of drug-likeness (QED) is 0.420. The van der Waals surface area contributed by atoms with Crippen molar-refractivity contribution in [3.05, 3.63) is 35.7 Å². The van der Waals surface area contributed by atoms with Gasteiger partial charge in [0.1, 0.15) is 12.1 Å². The summed E-state index contributed by atoms with van der Waals surface area (Å²) < 4.78 is 1.83. The van der Waals surface area contributed by atoms with E-state index >= 15 is 0 Å². The van der Waals surface area contributed by atoms with E-state index in [1.165, 1.54) is 0 Å². The van der Waals surface area contributed by atoms with Crippen LogP contribution in [0.2, 0.25) is 0 Å². The summed E-state index contributed by atoms with van der Waals surface area (Å²) in [6, 6.07) is 6.89. The number of hydrogen-bond acceptors (Lipinski definition) is 8. The molecule has 6 N–H and O–H groups in total. The van der Waals surface area contributed by atoms with Crippen molar-refractivity contribution in [2.45, 2.75) is 25.3 Å². The number of primary amides is 2. The van der Waals surface area contributed by atoms with Gasteiger partial charge in [0.15, 0.2) is 11.5 Å². The summed E-state index contributed by atoms with van der Waals surface area (Å²) in [6.07, 6.45) is 4.45. The molecule has 1 fully saturated rings. The second kappa shape index (κ2) is 7.91. The van der Waals surface area contributed by atoms with Gasteiger partial charge in [0.05, 0.1) is 11.1 Å². The third-order valence-electron chi connectivity index (χ3n) is 5.21. The van der Waals surface area contributed by atoms with Gasteiger partial charge in [-0.25, -0.2) is 0 Å². The highest BCUT2D eigenvalue weighted by Gasteiger charge is 2.29. The number of anilines is 3. The predicted octanol–water partition coefficient (Wildman–Crippen LogP) is 1.14. The molecule has 0 unspecified atom stereocenters. The zero-order valence-corrected chi connectivity index (χ0v) is 16.8. The average Bonchev–Trinajstić information content (AvgIpc) is 3.50. The molecule has 1 aromatic carbocycles. The smallest absolute Gasteiger partial charge is 0.273 e. The molecule has 0 radical (unpaired) electrons. The Hall–Kier alpha value is -4.20. The van der Waals surface area contributed by atoms with Crippen LogP contribution in [0.3, 0.4) is 0 Å². The second-order valence-electron chi connectivity index (χ2n) is 7.60. The third-order valence-corrected chi connectivity index (χ3v) is 5.21. The average molecular weight is 419 g/mol. The van der Waals surface area contributed by atoms with Crippen LogP contribution in [0.15, 0.2) is 24.4 Å². The highest BCUT2D eigenvalue weighted by molar-refractivity contribution is 5.97. The fourth-order valence-electron chi connectivity index (χ4n) is 3.42. The summed E-state index contributed by atoms with van der Waals surface area (Å²) in [5, 5.41) is 23.7. The first-order valence-corrected chi connectivity index (χ1v) is 9.72. The largest absolute Gasteiger partial charge is 0.368 e. The van der Waals surface area contributed by atoms with E-state index in [4.69, 9.17) is 11.5 Å². The number of carbonyl (C=O) groups excluding carboxylic acids is 2. The van der Waals surface area contributed by atoms with Gasteiger partial charge in [-0.15, -0.1) is 10.2 Å². The molecular weight excluding hydrogens is 398 g/mol. The Kier molecular flexibility index (Phi) is 5.12. The summed E-state index contributed by atoms with van der Waals surface area (Å²) in [7, 11) is 1.83. The number of amides is 2. The zero-order valence-electron chi connectivity index (χ0n) is 16.8. The van der Waals surface area contributed by atoms with Crippen molar-refractivity contribution in [3.63, 3.8) is 0 Å². The van der Waals surface area contributed by atoms with E-state index in [1.54, 1.807) is 18.3 Å². The van der Waals surface area contributed by atoms with Crippen molar-refractivity contribution in [3.8, 4) is 6.07 Å². The molecule has 0 bridgehead atoms. The topological polar surface area (TPSA) is 178 Å². The number of aryl methyl sites for hydroxylation is 1.